The fourth-order valence-electron chi connectivity index (χ4n) is 1.81. The summed E-state index contributed by atoms with van der Waals surface area (Å²) in [6.45, 7) is 18.6. The van der Waals surface area contributed by atoms with Crippen molar-refractivity contribution in [2.75, 3.05) is 7.05 Å². The molecule has 0 saturated heterocycles. The van der Waals surface area contributed by atoms with Gasteiger partial charge in [0.2, 0.25) is 0 Å². The molecule has 0 fully saturated rings. The van der Waals surface area contributed by atoms with Gasteiger partial charge in [-0.05, 0) is 46.1 Å². The van der Waals surface area contributed by atoms with Gasteiger partial charge in [-0.25, -0.2) is 0 Å². The Balaban J connectivity index is 4.93. The van der Waals surface area contributed by atoms with E-state index in [-0.39, 0.29) is 5.54 Å². The molecule has 0 unspecified atom stereocenters. The van der Waals surface area contributed by atoms with Gasteiger partial charge >= 0.3 is 0 Å². The second kappa shape index (κ2) is 4.22. The molecule has 0 rings (SSSR count). The van der Waals surface area contributed by atoms with Crippen molar-refractivity contribution in [1.29, 1.82) is 0 Å². The van der Waals surface area contributed by atoms with Gasteiger partial charge in [-0.3, -0.25) is 4.90 Å². The van der Waals surface area contributed by atoms with Gasteiger partial charge in [-0.2, -0.15) is 0 Å². The maximum atomic E-state index is 2.48. The van der Waals surface area contributed by atoms with Gasteiger partial charge < -0.3 is 0 Å². The molecule has 0 aliphatic heterocycles. The van der Waals surface area contributed by atoms with Crippen LogP contribution in [0.25, 0.3) is 0 Å². The molecular weight excluding hydrogens is 170 g/mol. The van der Waals surface area contributed by atoms with Crippen LogP contribution in [0.3, 0.4) is 0 Å². The zero-order valence-electron chi connectivity index (χ0n) is 11.6. The quantitative estimate of drug-likeness (QED) is 0.666. The summed E-state index contributed by atoms with van der Waals surface area (Å²) in [6, 6.07) is 0.600. The van der Waals surface area contributed by atoms with Crippen molar-refractivity contribution in [2.24, 2.45) is 11.3 Å². The van der Waals surface area contributed by atoms with Crippen molar-refractivity contribution in [3.05, 3.63) is 0 Å². The lowest BCUT2D eigenvalue weighted by Crippen LogP contribution is -2.56. The summed E-state index contributed by atoms with van der Waals surface area (Å²) in [5, 5.41) is 0. The normalized spacial score (nSPS) is 14.6. The summed E-state index contributed by atoms with van der Waals surface area (Å²) >= 11 is 0. The third kappa shape index (κ3) is 2.31. The lowest BCUT2D eigenvalue weighted by Gasteiger charge is -2.52. The molecule has 86 valence electrons. The van der Waals surface area contributed by atoms with Crippen molar-refractivity contribution < 1.29 is 0 Å². The van der Waals surface area contributed by atoms with Crippen LogP contribution in [-0.4, -0.2) is 23.5 Å². The van der Waals surface area contributed by atoms with E-state index in [0.29, 0.717) is 17.4 Å². The first-order valence-electron chi connectivity index (χ1n) is 5.78. The van der Waals surface area contributed by atoms with E-state index in [1.54, 1.807) is 0 Å². The molecule has 0 spiro atoms. The number of hydrogen-bond acceptors (Lipinski definition) is 1. The standard InChI is InChI=1S/C13H29N/c1-10(2)12(5,6)13(7,8)14(9)11(3)4/h10-11H,1-9H3. The molecule has 0 radical (unpaired) electrons. The van der Waals surface area contributed by atoms with Gasteiger partial charge in [0.05, 0.1) is 0 Å². The Morgan fingerprint density at radius 2 is 1.21 bits per heavy atom. The zero-order valence-corrected chi connectivity index (χ0v) is 11.6. The third-order valence-electron chi connectivity index (χ3n) is 4.68. The molecule has 0 aliphatic carbocycles. The van der Waals surface area contributed by atoms with E-state index in [0.717, 1.165) is 0 Å². The van der Waals surface area contributed by atoms with Crippen molar-refractivity contribution in [2.45, 2.75) is 67.0 Å². The fourth-order valence-corrected chi connectivity index (χ4v) is 1.81. The minimum Gasteiger partial charge on any atom is -0.298 e. The van der Waals surface area contributed by atoms with Crippen LogP contribution in [0, 0.1) is 11.3 Å². The molecule has 0 heterocycles. The molecule has 0 saturated carbocycles. The summed E-state index contributed by atoms with van der Waals surface area (Å²) in [7, 11) is 2.23. The molecule has 1 heteroatoms. The maximum Gasteiger partial charge on any atom is 0.0206 e. The largest absolute Gasteiger partial charge is 0.298 e. The molecule has 0 atom stereocenters. The highest BCUT2D eigenvalue weighted by Gasteiger charge is 2.42. The highest BCUT2D eigenvalue weighted by Crippen LogP contribution is 2.41. The molecule has 0 aromatic carbocycles. The van der Waals surface area contributed by atoms with Crippen LogP contribution in [0.15, 0.2) is 0 Å². The van der Waals surface area contributed by atoms with Crippen LogP contribution in [0.5, 0.6) is 0 Å². The molecule has 1 nitrogen and oxygen atoms in total. The van der Waals surface area contributed by atoms with Gasteiger partial charge in [0.1, 0.15) is 0 Å². The van der Waals surface area contributed by atoms with Crippen LogP contribution in [0.1, 0.15) is 55.4 Å². The Labute approximate surface area is 90.9 Å². The highest BCUT2D eigenvalue weighted by molar-refractivity contribution is 4.96. The van der Waals surface area contributed by atoms with Crippen LogP contribution in [0.2, 0.25) is 0 Å². The fraction of sp³-hybridized carbons (Fsp3) is 1.00. The molecule has 0 aromatic heterocycles. The van der Waals surface area contributed by atoms with Crippen molar-refractivity contribution in [1.82, 2.24) is 4.90 Å². The van der Waals surface area contributed by atoms with Crippen molar-refractivity contribution in [3.8, 4) is 0 Å². The highest BCUT2D eigenvalue weighted by atomic mass is 15.2. The van der Waals surface area contributed by atoms with Crippen LogP contribution in [0.4, 0.5) is 0 Å². The molecule has 0 aromatic rings. The molecule has 0 aliphatic rings. The van der Waals surface area contributed by atoms with E-state index in [1.165, 1.54) is 0 Å². The van der Waals surface area contributed by atoms with Crippen molar-refractivity contribution >= 4 is 0 Å². The summed E-state index contributed by atoms with van der Waals surface area (Å²) in [6.07, 6.45) is 0. The Morgan fingerprint density at radius 3 is 1.43 bits per heavy atom. The van der Waals surface area contributed by atoms with E-state index in [2.05, 4.69) is 67.3 Å². The molecule has 0 N–H and O–H groups in total. The first-order valence-corrected chi connectivity index (χ1v) is 5.78. The van der Waals surface area contributed by atoms with Gasteiger partial charge in [-0.1, -0.05) is 27.7 Å². The Bertz CT molecular complexity index is 178. The van der Waals surface area contributed by atoms with Gasteiger partial charge in [0.15, 0.2) is 0 Å². The van der Waals surface area contributed by atoms with Crippen molar-refractivity contribution in [3.63, 3.8) is 0 Å². The molecule has 14 heavy (non-hydrogen) atoms. The Hall–Kier alpha value is -0.0400. The Morgan fingerprint density at radius 1 is 0.857 bits per heavy atom. The van der Waals surface area contributed by atoms with Gasteiger partial charge in [-0.15, -0.1) is 0 Å². The minimum atomic E-state index is 0.231. The van der Waals surface area contributed by atoms with E-state index < -0.39 is 0 Å². The molecule has 0 amide bonds. The number of rotatable bonds is 4. The van der Waals surface area contributed by atoms with Crippen LogP contribution in [-0.2, 0) is 0 Å². The number of nitrogens with zero attached hydrogens (tertiary/aromatic N) is 1. The second-order valence-electron chi connectivity index (χ2n) is 6.14. The maximum absolute atomic E-state index is 2.48. The summed E-state index contributed by atoms with van der Waals surface area (Å²) in [5.74, 6) is 0.693. The van der Waals surface area contributed by atoms with Crippen LogP contribution >= 0.6 is 0 Å². The number of hydrogen-bond donors (Lipinski definition) is 0. The first-order chi connectivity index (χ1) is 6.05. The van der Waals surface area contributed by atoms with E-state index in [9.17, 15) is 0 Å². The first kappa shape index (κ1) is 14.0. The summed E-state index contributed by atoms with van der Waals surface area (Å²) < 4.78 is 0. The smallest absolute Gasteiger partial charge is 0.0206 e. The predicted molar refractivity (Wildman–Crippen MR) is 65.6 cm³/mol. The lowest BCUT2D eigenvalue weighted by atomic mass is 9.66. The minimum absolute atomic E-state index is 0.231. The second-order valence-corrected chi connectivity index (χ2v) is 6.14. The summed E-state index contributed by atoms with van der Waals surface area (Å²) in [4.78, 5) is 2.48. The molecule has 0 bridgehead atoms. The molecular formula is C13H29N. The summed E-state index contributed by atoms with van der Waals surface area (Å²) in [5.41, 5.74) is 0.557. The zero-order chi connectivity index (χ0) is 11.7. The topological polar surface area (TPSA) is 3.24 Å². The van der Waals surface area contributed by atoms with Gasteiger partial charge in [0.25, 0.3) is 0 Å². The SMILES string of the molecule is CC(C)N(C)C(C)(C)C(C)(C)C(C)C. The monoisotopic (exact) mass is 199 g/mol. The van der Waals surface area contributed by atoms with Crippen LogP contribution < -0.4 is 0 Å². The average Bonchev–Trinajstić information content (AvgIpc) is 2.01. The Kier molecular flexibility index (Phi) is 4.21. The average molecular weight is 199 g/mol. The van der Waals surface area contributed by atoms with E-state index in [1.807, 2.05) is 0 Å². The van der Waals surface area contributed by atoms with E-state index >= 15 is 0 Å². The lowest BCUT2D eigenvalue weighted by molar-refractivity contribution is -0.0184. The van der Waals surface area contributed by atoms with Gasteiger partial charge in [0, 0.05) is 11.6 Å². The predicted octanol–water partition coefficient (Wildman–Crippen LogP) is 3.79. The third-order valence-corrected chi connectivity index (χ3v) is 4.68. The van der Waals surface area contributed by atoms with E-state index in [4.69, 9.17) is 0 Å².